The van der Waals surface area contributed by atoms with Gasteiger partial charge in [-0.25, -0.2) is 0 Å². The molecule has 0 unspecified atom stereocenters. The van der Waals surface area contributed by atoms with E-state index in [1.165, 1.54) is 0 Å². The number of ether oxygens (including phenoxy) is 3. The Bertz CT molecular complexity index is 848. The van der Waals surface area contributed by atoms with Gasteiger partial charge in [0.1, 0.15) is 5.75 Å². The zero-order chi connectivity index (χ0) is 19.8. The molecule has 2 rings (SSSR count). The van der Waals surface area contributed by atoms with Gasteiger partial charge in [0.2, 0.25) is 0 Å². The Balaban J connectivity index is 2.05. The lowest BCUT2D eigenvalue weighted by Gasteiger charge is -2.19. The van der Waals surface area contributed by atoms with Gasteiger partial charge in [-0.05, 0) is 46.6 Å². The zero-order valence-electron chi connectivity index (χ0n) is 15.5. The number of halogens is 1. The predicted octanol–water partition coefficient (Wildman–Crippen LogP) is 3.77. The second kappa shape index (κ2) is 9.83. The summed E-state index contributed by atoms with van der Waals surface area (Å²) in [5.41, 5.74) is 1.40. The molecule has 0 bridgehead atoms. The van der Waals surface area contributed by atoms with Crippen molar-refractivity contribution in [2.75, 3.05) is 27.4 Å². The molecule has 6 nitrogen and oxygen atoms in total. The molecule has 0 aliphatic heterocycles. The molecule has 0 aliphatic rings. The number of hydrogen-bond acceptors (Lipinski definition) is 5. The van der Waals surface area contributed by atoms with Gasteiger partial charge in [0, 0.05) is 19.7 Å². The summed E-state index contributed by atoms with van der Waals surface area (Å²) in [6.45, 7) is 2.54. The first-order valence-corrected chi connectivity index (χ1v) is 9.14. The van der Waals surface area contributed by atoms with Crippen molar-refractivity contribution >= 4 is 21.8 Å². The second-order valence-corrected chi connectivity index (χ2v) is 6.57. The molecule has 0 heterocycles. The Labute approximate surface area is 167 Å². The van der Waals surface area contributed by atoms with Gasteiger partial charge in [-0.15, -0.1) is 0 Å². The Morgan fingerprint density at radius 2 is 2.04 bits per heavy atom. The first-order valence-electron chi connectivity index (χ1n) is 8.34. The lowest BCUT2D eigenvalue weighted by Crippen LogP contribution is -2.31. The number of carbonyl (C=O) groups is 1. The summed E-state index contributed by atoms with van der Waals surface area (Å²) < 4.78 is 17.0. The fourth-order valence-corrected chi connectivity index (χ4v) is 2.97. The maximum absolute atomic E-state index is 12.4. The molecule has 27 heavy (non-hydrogen) atoms. The molecule has 7 heteroatoms. The maximum Gasteiger partial charge on any atom is 0.260 e. The zero-order valence-corrected chi connectivity index (χ0v) is 17.1. The number of nitriles is 1. The van der Waals surface area contributed by atoms with Crippen molar-refractivity contribution in [2.24, 2.45) is 0 Å². The van der Waals surface area contributed by atoms with E-state index in [0.29, 0.717) is 34.7 Å². The van der Waals surface area contributed by atoms with Crippen molar-refractivity contribution in [1.82, 2.24) is 4.90 Å². The molecule has 0 saturated heterocycles. The van der Waals surface area contributed by atoms with Crippen LogP contribution in [0, 0.1) is 11.3 Å². The highest BCUT2D eigenvalue weighted by Crippen LogP contribution is 2.36. The molecule has 0 N–H and O–H groups in total. The standard InChI is InChI=1S/C20H21BrN2O4/c1-4-26-18-10-15(11-22)9-17(21)20(18)27-13-19(24)23(2)12-14-6-5-7-16(8-14)25-3/h5-10H,4,12-13H2,1-3H3. The molecule has 0 aliphatic carbocycles. The van der Waals surface area contributed by atoms with Crippen LogP contribution in [0.5, 0.6) is 17.2 Å². The Hall–Kier alpha value is -2.72. The minimum Gasteiger partial charge on any atom is -0.497 e. The van der Waals surface area contributed by atoms with E-state index in [2.05, 4.69) is 22.0 Å². The van der Waals surface area contributed by atoms with E-state index in [9.17, 15) is 4.79 Å². The van der Waals surface area contributed by atoms with Crippen LogP contribution >= 0.6 is 15.9 Å². The summed E-state index contributed by atoms with van der Waals surface area (Å²) in [5.74, 6) is 1.38. The van der Waals surface area contributed by atoms with Crippen LogP contribution in [0.15, 0.2) is 40.9 Å². The first-order chi connectivity index (χ1) is 13.0. The highest BCUT2D eigenvalue weighted by molar-refractivity contribution is 9.10. The van der Waals surface area contributed by atoms with E-state index in [-0.39, 0.29) is 12.5 Å². The van der Waals surface area contributed by atoms with E-state index in [4.69, 9.17) is 19.5 Å². The summed E-state index contributed by atoms with van der Waals surface area (Å²) in [6, 6.07) is 12.8. The molecular weight excluding hydrogens is 412 g/mol. The fourth-order valence-electron chi connectivity index (χ4n) is 2.41. The molecule has 0 fully saturated rings. The third-order valence-corrected chi connectivity index (χ3v) is 4.35. The van der Waals surface area contributed by atoms with Gasteiger partial charge in [-0.1, -0.05) is 12.1 Å². The van der Waals surface area contributed by atoms with Crippen molar-refractivity contribution < 1.29 is 19.0 Å². The monoisotopic (exact) mass is 432 g/mol. The quantitative estimate of drug-likeness (QED) is 0.634. The van der Waals surface area contributed by atoms with Gasteiger partial charge in [0.05, 0.1) is 29.8 Å². The number of rotatable bonds is 8. The summed E-state index contributed by atoms with van der Waals surface area (Å²) >= 11 is 3.37. The van der Waals surface area contributed by atoms with Crippen molar-refractivity contribution in [3.63, 3.8) is 0 Å². The number of hydrogen-bond donors (Lipinski definition) is 0. The molecule has 0 spiro atoms. The lowest BCUT2D eigenvalue weighted by molar-refractivity contribution is -0.132. The van der Waals surface area contributed by atoms with Gasteiger partial charge >= 0.3 is 0 Å². The number of likely N-dealkylation sites (N-methyl/N-ethyl adjacent to an activating group) is 1. The molecule has 2 aromatic carbocycles. The lowest BCUT2D eigenvalue weighted by atomic mass is 10.2. The summed E-state index contributed by atoms with van der Waals surface area (Å²) in [6.07, 6.45) is 0. The normalized spacial score (nSPS) is 10.0. The maximum atomic E-state index is 12.4. The summed E-state index contributed by atoms with van der Waals surface area (Å²) in [5, 5.41) is 9.08. The van der Waals surface area contributed by atoms with Crippen LogP contribution in [0.3, 0.4) is 0 Å². The number of carbonyl (C=O) groups excluding carboxylic acids is 1. The fraction of sp³-hybridized carbons (Fsp3) is 0.300. The van der Waals surface area contributed by atoms with Crippen LogP contribution in [0.25, 0.3) is 0 Å². The molecule has 2 aromatic rings. The largest absolute Gasteiger partial charge is 0.497 e. The molecule has 0 radical (unpaired) electrons. The minimum atomic E-state index is -0.184. The van der Waals surface area contributed by atoms with Crippen LogP contribution in [0.1, 0.15) is 18.1 Å². The van der Waals surface area contributed by atoms with Crippen molar-refractivity contribution in [1.29, 1.82) is 5.26 Å². The topological polar surface area (TPSA) is 71.8 Å². The molecule has 0 saturated carbocycles. The number of benzene rings is 2. The minimum absolute atomic E-state index is 0.148. The van der Waals surface area contributed by atoms with Crippen LogP contribution in [-0.4, -0.2) is 38.2 Å². The third-order valence-electron chi connectivity index (χ3n) is 3.76. The molecular formula is C20H21BrN2O4. The average Bonchev–Trinajstić information content (AvgIpc) is 2.67. The van der Waals surface area contributed by atoms with Crippen molar-refractivity contribution in [3.05, 3.63) is 52.0 Å². The van der Waals surface area contributed by atoms with Crippen LogP contribution < -0.4 is 14.2 Å². The summed E-state index contributed by atoms with van der Waals surface area (Å²) in [4.78, 5) is 14.0. The van der Waals surface area contributed by atoms with Crippen LogP contribution in [-0.2, 0) is 11.3 Å². The SMILES string of the molecule is CCOc1cc(C#N)cc(Br)c1OCC(=O)N(C)Cc1cccc(OC)c1. The molecule has 0 atom stereocenters. The van der Waals surface area contributed by atoms with Crippen LogP contribution in [0.4, 0.5) is 0 Å². The highest BCUT2D eigenvalue weighted by atomic mass is 79.9. The van der Waals surface area contributed by atoms with Crippen molar-refractivity contribution in [2.45, 2.75) is 13.5 Å². The van der Waals surface area contributed by atoms with Gasteiger partial charge < -0.3 is 19.1 Å². The van der Waals surface area contributed by atoms with E-state index < -0.39 is 0 Å². The Morgan fingerprint density at radius 3 is 2.70 bits per heavy atom. The Morgan fingerprint density at radius 1 is 1.26 bits per heavy atom. The second-order valence-electron chi connectivity index (χ2n) is 5.72. The van der Waals surface area contributed by atoms with Gasteiger partial charge in [-0.3, -0.25) is 4.79 Å². The third kappa shape index (κ3) is 5.63. The first kappa shape index (κ1) is 20.6. The highest BCUT2D eigenvalue weighted by Gasteiger charge is 2.16. The van der Waals surface area contributed by atoms with E-state index >= 15 is 0 Å². The van der Waals surface area contributed by atoms with Crippen molar-refractivity contribution in [3.8, 4) is 23.3 Å². The molecule has 0 aromatic heterocycles. The smallest absolute Gasteiger partial charge is 0.260 e. The van der Waals surface area contributed by atoms with E-state index in [1.807, 2.05) is 31.2 Å². The molecule has 1 amide bonds. The number of methoxy groups -OCH3 is 1. The molecule has 142 valence electrons. The number of amides is 1. The predicted molar refractivity (Wildman–Crippen MR) is 105 cm³/mol. The average molecular weight is 433 g/mol. The van der Waals surface area contributed by atoms with E-state index in [0.717, 1.165) is 11.3 Å². The summed E-state index contributed by atoms with van der Waals surface area (Å²) in [7, 11) is 3.32. The van der Waals surface area contributed by atoms with Gasteiger partial charge in [-0.2, -0.15) is 5.26 Å². The van der Waals surface area contributed by atoms with Crippen LogP contribution in [0.2, 0.25) is 0 Å². The van der Waals surface area contributed by atoms with Gasteiger partial charge in [0.15, 0.2) is 18.1 Å². The Kier molecular flexibility index (Phi) is 7.50. The van der Waals surface area contributed by atoms with E-state index in [1.54, 1.807) is 31.2 Å². The van der Waals surface area contributed by atoms with Gasteiger partial charge in [0.25, 0.3) is 5.91 Å². The number of nitrogens with zero attached hydrogens (tertiary/aromatic N) is 2.